The normalized spacial score (nSPS) is 14.3. The lowest BCUT2D eigenvalue weighted by molar-refractivity contribution is -0.140. The average Bonchev–Trinajstić information content (AvgIpc) is 2.86. The Morgan fingerprint density at radius 1 is 1.65 bits per heavy atom. The van der Waals surface area contributed by atoms with Crippen LogP contribution in [0, 0.1) is 0 Å². The highest BCUT2D eigenvalue weighted by molar-refractivity contribution is 7.99. The summed E-state index contributed by atoms with van der Waals surface area (Å²) in [6.07, 6.45) is 1.38. The number of thiophene rings is 1. The Morgan fingerprint density at radius 2 is 2.41 bits per heavy atom. The molecule has 1 aromatic heterocycles. The molecule has 0 aliphatic heterocycles. The van der Waals surface area contributed by atoms with Crippen LogP contribution in [-0.4, -0.2) is 24.9 Å². The van der Waals surface area contributed by atoms with E-state index in [1.54, 1.807) is 23.1 Å². The predicted molar refractivity (Wildman–Crippen MR) is 74.4 cm³/mol. The largest absolute Gasteiger partial charge is 0.469 e. The van der Waals surface area contributed by atoms with Crippen molar-refractivity contribution in [2.45, 2.75) is 31.1 Å². The highest BCUT2D eigenvalue weighted by Gasteiger charge is 2.19. The summed E-state index contributed by atoms with van der Waals surface area (Å²) in [7, 11) is 1.42. The van der Waals surface area contributed by atoms with E-state index in [4.69, 9.17) is 5.73 Å². The minimum Gasteiger partial charge on any atom is -0.469 e. The number of nitrogens with two attached hydrogens (primary N) is 1. The van der Waals surface area contributed by atoms with Crippen molar-refractivity contribution >= 4 is 29.1 Å². The van der Waals surface area contributed by atoms with Crippen LogP contribution >= 0.6 is 23.1 Å². The number of hydrogen-bond acceptors (Lipinski definition) is 5. The Kier molecular flexibility index (Phi) is 6.62. The van der Waals surface area contributed by atoms with Gasteiger partial charge in [0.15, 0.2) is 0 Å². The molecule has 0 aliphatic rings. The second kappa shape index (κ2) is 7.74. The van der Waals surface area contributed by atoms with Crippen LogP contribution in [0.1, 0.15) is 30.6 Å². The number of rotatable bonds is 7. The second-order valence-corrected chi connectivity index (χ2v) is 5.78. The van der Waals surface area contributed by atoms with E-state index in [2.05, 4.69) is 28.5 Å². The smallest absolute Gasteiger partial charge is 0.306 e. The summed E-state index contributed by atoms with van der Waals surface area (Å²) in [6, 6.07) is 2.24. The van der Waals surface area contributed by atoms with Crippen molar-refractivity contribution in [1.29, 1.82) is 0 Å². The van der Waals surface area contributed by atoms with E-state index in [0.717, 1.165) is 12.2 Å². The molecule has 0 amide bonds. The van der Waals surface area contributed by atoms with Crippen LogP contribution in [0.2, 0.25) is 0 Å². The molecule has 1 aromatic rings. The van der Waals surface area contributed by atoms with Crippen molar-refractivity contribution in [2.75, 3.05) is 12.9 Å². The van der Waals surface area contributed by atoms with Crippen molar-refractivity contribution in [3.8, 4) is 0 Å². The lowest BCUT2D eigenvalue weighted by Crippen LogP contribution is -2.25. The van der Waals surface area contributed by atoms with Crippen LogP contribution in [0.25, 0.3) is 0 Å². The zero-order valence-corrected chi connectivity index (χ0v) is 11.9. The van der Waals surface area contributed by atoms with Crippen molar-refractivity contribution in [3.05, 3.63) is 22.4 Å². The van der Waals surface area contributed by atoms with Gasteiger partial charge < -0.3 is 10.5 Å². The number of carbonyl (C=O) groups is 1. The van der Waals surface area contributed by atoms with Crippen molar-refractivity contribution < 1.29 is 9.53 Å². The summed E-state index contributed by atoms with van der Waals surface area (Å²) in [5, 5.41) is 4.47. The van der Waals surface area contributed by atoms with E-state index in [0.29, 0.717) is 6.42 Å². The van der Waals surface area contributed by atoms with Gasteiger partial charge in [-0.2, -0.15) is 23.1 Å². The van der Waals surface area contributed by atoms with Gasteiger partial charge in [0.25, 0.3) is 0 Å². The Labute approximate surface area is 111 Å². The number of ether oxygens (including phenoxy) is 1. The highest BCUT2D eigenvalue weighted by Crippen LogP contribution is 2.34. The Hall–Kier alpha value is -0.520. The maximum atomic E-state index is 11.1. The van der Waals surface area contributed by atoms with E-state index in [-0.39, 0.29) is 17.3 Å². The summed E-state index contributed by atoms with van der Waals surface area (Å²) in [4.78, 5) is 11.1. The minimum atomic E-state index is -0.161. The molecule has 17 heavy (non-hydrogen) atoms. The lowest BCUT2D eigenvalue weighted by atomic mass is 10.1. The van der Waals surface area contributed by atoms with Gasteiger partial charge in [0.1, 0.15) is 0 Å². The van der Waals surface area contributed by atoms with Crippen LogP contribution in [0.4, 0.5) is 0 Å². The topological polar surface area (TPSA) is 52.3 Å². The van der Waals surface area contributed by atoms with Crippen LogP contribution in [0.5, 0.6) is 0 Å². The van der Waals surface area contributed by atoms with Gasteiger partial charge in [-0.05, 0) is 28.8 Å². The van der Waals surface area contributed by atoms with E-state index in [1.807, 2.05) is 0 Å². The fraction of sp³-hybridized carbons (Fsp3) is 0.583. The fourth-order valence-electron chi connectivity index (χ4n) is 1.49. The van der Waals surface area contributed by atoms with Crippen molar-refractivity contribution in [3.63, 3.8) is 0 Å². The van der Waals surface area contributed by atoms with Crippen LogP contribution in [0.3, 0.4) is 0 Å². The molecule has 1 heterocycles. The zero-order chi connectivity index (χ0) is 12.7. The number of methoxy groups -OCH3 is 1. The van der Waals surface area contributed by atoms with Crippen LogP contribution < -0.4 is 5.73 Å². The number of carbonyl (C=O) groups excluding carboxylic acids is 1. The standard InChI is InChI=1S/C12H19NO2S2/c1-3-10(13)12(9-4-6-16-8-9)17-7-5-11(14)15-2/h4,6,8,10,12H,3,5,7,13H2,1-2H3. The summed E-state index contributed by atoms with van der Waals surface area (Å²) < 4.78 is 4.63. The van der Waals surface area contributed by atoms with Crippen LogP contribution in [-0.2, 0) is 9.53 Å². The summed E-state index contributed by atoms with van der Waals surface area (Å²) in [6.45, 7) is 2.09. The first-order valence-corrected chi connectivity index (χ1v) is 7.64. The third-order valence-corrected chi connectivity index (χ3v) is 4.69. The van der Waals surface area contributed by atoms with Gasteiger partial charge in [0.2, 0.25) is 0 Å². The van der Waals surface area contributed by atoms with Crippen LogP contribution in [0.15, 0.2) is 16.8 Å². The summed E-state index contributed by atoms with van der Waals surface area (Å²) in [5.74, 6) is 0.590. The van der Waals surface area contributed by atoms with Gasteiger partial charge in [-0.1, -0.05) is 6.92 Å². The molecule has 2 atom stereocenters. The Bertz CT molecular complexity index is 327. The van der Waals surface area contributed by atoms with Gasteiger partial charge in [-0.3, -0.25) is 4.79 Å². The molecule has 5 heteroatoms. The number of esters is 1. The van der Waals surface area contributed by atoms with Gasteiger partial charge in [-0.25, -0.2) is 0 Å². The lowest BCUT2D eigenvalue weighted by Gasteiger charge is -2.21. The molecule has 0 saturated heterocycles. The first-order chi connectivity index (χ1) is 8.19. The molecular weight excluding hydrogens is 254 g/mol. The molecule has 2 unspecified atom stereocenters. The monoisotopic (exact) mass is 273 g/mol. The number of thioether (sulfide) groups is 1. The summed E-state index contributed by atoms with van der Waals surface area (Å²) >= 11 is 3.42. The molecule has 1 rings (SSSR count). The molecule has 0 aromatic carbocycles. The van der Waals surface area contributed by atoms with E-state index < -0.39 is 0 Å². The van der Waals surface area contributed by atoms with E-state index >= 15 is 0 Å². The first kappa shape index (κ1) is 14.5. The molecule has 0 radical (unpaired) electrons. The van der Waals surface area contributed by atoms with Gasteiger partial charge in [0, 0.05) is 17.0 Å². The maximum absolute atomic E-state index is 11.1. The molecule has 96 valence electrons. The molecule has 2 N–H and O–H groups in total. The molecule has 0 fully saturated rings. The molecule has 0 saturated carbocycles. The molecule has 0 aliphatic carbocycles. The van der Waals surface area contributed by atoms with Crippen molar-refractivity contribution in [2.24, 2.45) is 5.73 Å². The quantitative estimate of drug-likeness (QED) is 0.776. The fourth-order valence-corrected chi connectivity index (χ4v) is 3.59. The highest BCUT2D eigenvalue weighted by atomic mass is 32.2. The summed E-state index contributed by atoms with van der Waals surface area (Å²) in [5.41, 5.74) is 7.39. The first-order valence-electron chi connectivity index (χ1n) is 5.65. The average molecular weight is 273 g/mol. The Balaban J connectivity index is 2.51. The molecule has 3 nitrogen and oxygen atoms in total. The van der Waals surface area contributed by atoms with E-state index in [1.165, 1.54) is 12.7 Å². The third kappa shape index (κ3) is 4.69. The van der Waals surface area contributed by atoms with Crippen molar-refractivity contribution in [1.82, 2.24) is 0 Å². The SMILES string of the molecule is CCC(N)C(SCCC(=O)OC)c1ccsc1. The second-order valence-electron chi connectivity index (χ2n) is 3.75. The van der Waals surface area contributed by atoms with E-state index in [9.17, 15) is 4.79 Å². The van der Waals surface area contributed by atoms with Gasteiger partial charge >= 0.3 is 5.97 Å². The zero-order valence-electron chi connectivity index (χ0n) is 10.2. The predicted octanol–water partition coefficient (Wildman–Crippen LogP) is 2.82. The third-order valence-electron chi connectivity index (χ3n) is 2.56. The van der Waals surface area contributed by atoms with Gasteiger partial charge in [-0.15, -0.1) is 0 Å². The Morgan fingerprint density at radius 3 is 2.94 bits per heavy atom. The minimum absolute atomic E-state index is 0.132. The van der Waals surface area contributed by atoms with Gasteiger partial charge in [0.05, 0.1) is 13.5 Å². The number of hydrogen-bond donors (Lipinski definition) is 1. The molecule has 0 bridgehead atoms. The maximum Gasteiger partial charge on any atom is 0.306 e. The molecular formula is C12H19NO2S2. The molecule has 0 spiro atoms.